The Bertz CT molecular complexity index is 701. The fourth-order valence-corrected chi connectivity index (χ4v) is 1.96. The normalized spacial score (nSPS) is 10.7. The van der Waals surface area contributed by atoms with Crippen molar-refractivity contribution >= 4 is 10.9 Å². The van der Waals surface area contributed by atoms with Crippen molar-refractivity contribution in [2.75, 3.05) is 0 Å². The smallest absolute Gasteiger partial charge is 0.128 e. The highest BCUT2D eigenvalue weighted by molar-refractivity contribution is 5.81. The second-order valence-corrected chi connectivity index (χ2v) is 4.35. The molecule has 0 atom stereocenters. The van der Waals surface area contributed by atoms with Crippen LogP contribution in [0, 0.1) is 0 Å². The lowest BCUT2D eigenvalue weighted by molar-refractivity contribution is 0.302. The molecule has 0 aliphatic heterocycles. The lowest BCUT2D eigenvalue weighted by Crippen LogP contribution is -1.94. The van der Waals surface area contributed by atoms with E-state index in [0.29, 0.717) is 12.4 Å². The monoisotopic (exact) mass is 255 g/mol. The highest BCUT2D eigenvalue weighted by Crippen LogP contribution is 2.22. The summed E-state index contributed by atoms with van der Waals surface area (Å²) in [5, 5.41) is 19.5. The molecule has 0 radical (unpaired) electrons. The molecular weight excluding hydrogens is 242 g/mol. The molecule has 0 saturated heterocycles. The molecule has 0 aliphatic carbocycles. The number of hydrogen-bond acceptors (Lipinski definition) is 3. The lowest BCUT2D eigenvalue weighted by atomic mass is 10.2. The maximum atomic E-state index is 9.40. The Labute approximate surface area is 109 Å². The van der Waals surface area contributed by atoms with E-state index >= 15 is 0 Å². The summed E-state index contributed by atoms with van der Waals surface area (Å²) in [6.07, 6.45) is 0. The van der Waals surface area contributed by atoms with E-state index in [4.69, 9.17) is 4.74 Å². The van der Waals surface area contributed by atoms with Crippen LogP contribution in [0.15, 0.2) is 48.5 Å². The highest BCUT2D eigenvalue weighted by Gasteiger charge is 2.02. The zero-order chi connectivity index (χ0) is 13.2. The third kappa shape index (κ3) is 2.47. The first-order valence-corrected chi connectivity index (χ1v) is 5.93. The largest absolute Gasteiger partial charge is 0.508 e. The molecule has 1 aromatic heterocycles. The fraction of sp³-hybridized carbons (Fsp3) is 0.0667. The summed E-state index contributed by atoms with van der Waals surface area (Å²) in [6, 6.07) is 13.7. The van der Waals surface area contributed by atoms with Crippen LogP contribution >= 0.6 is 0 Å². The Morgan fingerprint density at radius 1 is 0.895 bits per heavy atom. The SMILES string of the molecule is Oc1ccc(OCc2cc3cc(O)ccc3[nH]2)cc1. The van der Waals surface area contributed by atoms with Crippen molar-refractivity contribution in [2.24, 2.45) is 0 Å². The molecule has 2 aromatic carbocycles. The second-order valence-electron chi connectivity index (χ2n) is 4.35. The Morgan fingerprint density at radius 2 is 1.63 bits per heavy atom. The minimum absolute atomic E-state index is 0.216. The van der Waals surface area contributed by atoms with Crippen LogP contribution in [0.5, 0.6) is 17.2 Å². The maximum absolute atomic E-state index is 9.40. The zero-order valence-electron chi connectivity index (χ0n) is 10.1. The molecule has 0 unspecified atom stereocenters. The number of hydrogen-bond donors (Lipinski definition) is 3. The highest BCUT2D eigenvalue weighted by atomic mass is 16.5. The average Bonchev–Trinajstić information content (AvgIpc) is 2.80. The van der Waals surface area contributed by atoms with Crippen LogP contribution in [0.3, 0.4) is 0 Å². The van der Waals surface area contributed by atoms with Crippen molar-refractivity contribution in [3.05, 3.63) is 54.2 Å². The van der Waals surface area contributed by atoms with E-state index in [1.807, 2.05) is 12.1 Å². The molecule has 0 spiro atoms. The van der Waals surface area contributed by atoms with Crippen molar-refractivity contribution in [1.82, 2.24) is 4.98 Å². The van der Waals surface area contributed by atoms with Crippen molar-refractivity contribution in [3.63, 3.8) is 0 Å². The molecule has 4 heteroatoms. The Balaban J connectivity index is 1.76. The summed E-state index contributed by atoms with van der Waals surface area (Å²) in [6.45, 7) is 0.403. The number of aromatic nitrogens is 1. The molecule has 96 valence electrons. The van der Waals surface area contributed by atoms with Crippen LogP contribution in [-0.4, -0.2) is 15.2 Å². The van der Waals surface area contributed by atoms with Crippen molar-refractivity contribution < 1.29 is 14.9 Å². The number of nitrogens with one attached hydrogen (secondary N) is 1. The summed E-state index contributed by atoms with van der Waals surface area (Å²) in [5.74, 6) is 1.16. The van der Waals surface area contributed by atoms with Crippen molar-refractivity contribution in [2.45, 2.75) is 6.61 Å². The predicted octanol–water partition coefficient (Wildman–Crippen LogP) is 3.16. The van der Waals surface area contributed by atoms with E-state index in [9.17, 15) is 10.2 Å². The van der Waals surface area contributed by atoms with E-state index in [2.05, 4.69) is 4.98 Å². The summed E-state index contributed by atoms with van der Waals surface area (Å²) in [5.41, 5.74) is 1.88. The van der Waals surface area contributed by atoms with E-state index in [1.165, 1.54) is 0 Å². The van der Waals surface area contributed by atoms with Gasteiger partial charge in [-0.2, -0.15) is 0 Å². The number of phenolic OH excluding ortho intramolecular Hbond substituents is 2. The van der Waals surface area contributed by atoms with Crippen molar-refractivity contribution in [1.29, 1.82) is 0 Å². The number of benzene rings is 2. The number of fused-ring (bicyclic) bond motifs is 1. The van der Waals surface area contributed by atoms with Gasteiger partial charge in [0.25, 0.3) is 0 Å². The standard InChI is InChI=1S/C15H13NO3/c17-12-1-4-14(5-2-12)19-9-11-7-10-8-13(18)3-6-15(10)16-11/h1-8,16-18H,9H2. The van der Waals surface area contributed by atoms with Gasteiger partial charge in [0.05, 0.1) is 5.69 Å². The number of aromatic amines is 1. The molecule has 3 aromatic rings. The third-order valence-electron chi connectivity index (χ3n) is 2.89. The number of rotatable bonds is 3. The lowest BCUT2D eigenvalue weighted by Gasteiger charge is -2.04. The molecule has 3 N–H and O–H groups in total. The summed E-state index contributed by atoms with van der Waals surface area (Å²) in [4.78, 5) is 3.22. The average molecular weight is 255 g/mol. The van der Waals surface area contributed by atoms with Gasteiger partial charge in [-0.1, -0.05) is 0 Å². The van der Waals surface area contributed by atoms with Gasteiger partial charge in [0.2, 0.25) is 0 Å². The summed E-state index contributed by atoms with van der Waals surface area (Å²) in [7, 11) is 0. The van der Waals surface area contributed by atoms with Crippen LogP contribution in [0.2, 0.25) is 0 Å². The maximum Gasteiger partial charge on any atom is 0.128 e. The van der Waals surface area contributed by atoms with Gasteiger partial charge in [0, 0.05) is 10.9 Å². The van der Waals surface area contributed by atoms with Crippen LogP contribution in [-0.2, 0) is 6.61 Å². The van der Waals surface area contributed by atoms with Crippen LogP contribution < -0.4 is 4.74 Å². The molecular formula is C15H13NO3. The second kappa shape index (κ2) is 4.57. The molecule has 0 aliphatic rings. The van der Waals surface area contributed by atoms with Crippen LogP contribution in [0.4, 0.5) is 0 Å². The molecule has 3 rings (SSSR count). The molecule has 0 amide bonds. The topological polar surface area (TPSA) is 65.5 Å². The van der Waals surface area contributed by atoms with Gasteiger partial charge < -0.3 is 19.9 Å². The van der Waals surface area contributed by atoms with Gasteiger partial charge in [-0.15, -0.1) is 0 Å². The van der Waals surface area contributed by atoms with Gasteiger partial charge in [-0.3, -0.25) is 0 Å². The van der Waals surface area contributed by atoms with Gasteiger partial charge in [-0.25, -0.2) is 0 Å². The molecule has 19 heavy (non-hydrogen) atoms. The van der Waals surface area contributed by atoms with Crippen LogP contribution in [0.25, 0.3) is 10.9 Å². The van der Waals surface area contributed by atoms with E-state index in [-0.39, 0.29) is 11.5 Å². The van der Waals surface area contributed by atoms with Gasteiger partial charge >= 0.3 is 0 Å². The number of aromatic hydroxyl groups is 2. The summed E-state index contributed by atoms with van der Waals surface area (Å²) >= 11 is 0. The number of H-pyrrole nitrogens is 1. The predicted molar refractivity (Wildman–Crippen MR) is 72.4 cm³/mol. The molecule has 0 bridgehead atoms. The Kier molecular flexibility index (Phi) is 2.76. The first-order valence-electron chi connectivity index (χ1n) is 5.93. The summed E-state index contributed by atoms with van der Waals surface area (Å²) < 4.78 is 5.60. The zero-order valence-corrected chi connectivity index (χ0v) is 10.1. The first kappa shape index (κ1) is 11.5. The van der Waals surface area contributed by atoms with Gasteiger partial charge in [-0.05, 0) is 48.5 Å². The Morgan fingerprint density at radius 3 is 2.42 bits per heavy atom. The fourth-order valence-electron chi connectivity index (χ4n) is 1.96. The number of phenols is 2. The van der Waals surface area contributed by atoms with Gasteiger partial charge in [0.1, 0.15) is 23.9 Å². The minimum atomic E-state index is 0.216. The third-order valence-corrected chi connectivity index (χ3v) is 2.89. The number of ether oxygens (including phenoxy) is 1. The van der Waals surface area contributed by atoms with Crippen molar-refractivity contribution in [3.8, 4) is 17.2 Å². The molecule has 0 saturated carbocycles. The minimum Gasteiger partial charge on any atom is -0.508 e. The van der Waals surface area contributed by atoms with E-state index < -0.39 is 0 Å². The Hall–Kier alpha value is -2.62. The molecule has 4 nitrogen and oxygen atoms in total. The van der Waals surface area contributed by atoms with Crippen LogP contribution in [0.1, 0.15) is 5.69 Å². The van der Waals surface area contributed by atoms with E-state index in [1.54, 1.807) is 36.4 Å². The molecule has 0 fully saturated rings. The first-order chi connectivity index (χ1) is 9.20. The quantitative estimate of drug-likeness (QED) is 0.673. The van der Waals surface area contributed by atoms with Gasteiger partial charge in [0.15, 0.2) is 0 Å². The van der Waals surface area contributed by atoms with E-state index in [0.717, 1.165) is 16.6 Å². The molecule has 1 heterocycles.